The molecular formula is C19H20N4O3S. The number of hydrogen-bond acceptors (Lipinski definition) is 4. The highest BCUT2D eigenvalue weighted by atomic mass is 32.2. The fourth-order valence-electron chi connectivity index (χ4n) is 2.58. The van der Waals surface area contributed by atoms with Crippen LogP contribution in [0.1, 0.15) is 15.9 Å². The summed E-state index contributed by atoms with van der Waals surface area (Å²) in [5, 5.41) is 6.99. The van der Waals surface area contributed by atoms with Crippen LogP contribution >= 0.6 is 0 Å². The summed E-state index contributed by atoms with van der Waals surface area (Å²) in [6.45, 7) is 0.447. The molecule has 1 heterocycles. The Morgan fingerprint density at radius 1 is 1.11 bits per heavy atom. The van der Waals surface area contributed by atoms with Crippen LogP contribution in [0.15, 0.2) is 71.9 Å². The zero-order valence-corrected chi connectivity index (χ0v) is 15.6. The molecule has 0 radical (unpaired) electrons. The van der Waals surface area contributed by atoms with Crippen LogP contribution < -0.4 is 10.0 Å². The van der Waals surface area contributed by atoms with Crippen molar-refractivity contribution in [2.24, 2.45) is 0 Å². The molecule has 0 aliphatic rings. The molecule has 0 aliphatic heterocycles. The summed E-state index contributed by atoms with van der Waals surface area (Å²) in [6.07, 6.45) is 4.26. The van der Waals surface area contributed by atoms with Crippen molar-refractivity contribution in [3.05, 3.63) is 78.1 Å². The predicted molar refractivity (Wildman–Crippen MR) is 102 cm³/mol. The first-order chi connectivity index (χ1) is 13.0. The van der Waals surface area contributed by atoms with E-state index in [1.807, 2.05) is 36.5 Å². The van der Waals surface area contributed by atoms with E-state index in [0.717, 1.165) is 11.3 Å². The van der Waals surface area contributed by atoms with Crippen molar-refractivity contribution in [1.82, 2.24) is 19.8 Å². The van der Waals surface area contributed by atoms with Gasteiger partial charge in [0.15, 0.2) is 0 Å². The third kappa shape index (κ3) is 4.60. The van der Waals surface area contributed by atoms with E-state index in [0.29, 0.717) is 18.5 Å². The Labute approximate surface area is 158 Å². The second-order valence-electron chi connectivity index (χ2n) is 5.86. The van der Waals surface area contributed by atoms with Crippen LogP contribution in [0.3, 0.4) is 0 Å². The van der Waals surface area contributed by atoms with E-state index < -0.39 is 10.0 Å². The van der Waals surface area contributed by atoms with Gasteiger partial charge in [-0.05, 0) is 55.4 Å². The minimum Gasteiger partial charge on any atom is -0.352 e. The van der Waals surface area contributed by atoms with Gasteiger partial charge in [-0.3, -0.25) is 4.79 Å². The average Bonchev–Trinajstić information content (AvgIpc) is 3.23. The minimum absolute atomic E-state index is 0.0619. The van der Waals surface area contributed by atoms with Crippen molar-refractivity contribution in [3.63, 3.8) is 0 Å². The highest BCUT2D eigenvalue weighted by molar-refractivity contribution is 7.89. The fraction of sp³-hybridized carbons (Fsp3) is 0.158. The summed E-state index contributed by atoms with van der Waals surface area (Å²) in [5.74, 6) is -0.309. The molecule has 3 rings (SSSR count). The maximum Gasteiger partial charge on any atom is 0.251 e. The lowest BCUT2D eigenvalue weighted by Crippen LogP contribution is -2.26. The number of amides is 1. The van der Waals surface area contributed by atoms with Gasteiger partial charge in [0.05, 0.1) is 10.6 Å². The molecule has 0 saturated heterocycles. The average molecular weight is 384 g/mol. The van der Waals surface area contributed by atoms with Crippen molar-refractivity contribution in [2.75, 3.05) is 13.6 Å². The molecule has 140 valence electrons. The summed E-state index contributed by atoms with van der Waals surface area (Å²) in [4.78, 5) is 12.3. The summed E-state index contributed by atoms with van der Waals surface area (Å²) in [7, 11) is -2.24. The Kier molecular flexibility index (Phi) is 5.68. The molecule has 0 atom stereocenters. The summed E-state index contributed by atoms with van der Waals surface area (Å²) in [6, 6.07) is 15.7. The normalized spacial score (nSPS) is 11.3. The maximum atomic E-state index is 12.3. The fourth-order valence-corrected chi connectivity index (χ4v) is 3.36. The zero-order valence-electron chi connectivity index (χ0n) is 14.8. The third-order valence-corrected chi connectivity index (χ3v) is 5.49. The van der Waals surface area contributed by atoms with Crippen LogP contribution in [0.2, 0.25) is 0 Å². The van der Waals surface area contributed by atoms with Crippen LogP contribution in [-0.2, 0) is 16.4 Å². The van der Waals surface area contributed by atoms with Crippen molar-refractivity contribution in [1.29, 1.82) is 0 Å². The molecule has 1 aromatic heterocycles. The van der Waals surface area contributed by atoms with E-state index in [1.54, 1.807) is 23.0 Å². The first-order valence-electron chi connectivity index (χ1n) is 8.40. The van der Waals surface area contributed by atoms with E-state index in [1.165, 1.54) is 19.2 Å². The first kappa shape index (κ1) is 18.8. The molecule has 7 nitrogen and oxygen atoms in total. The van der Waals surface area contributed by atoms with Crippen LogP contribution in [0.25, 0.3) is 5.69 Å². The molecule has 3 aromatic rings. The van der Waals surface area contributed by atoms with Gasteiger partial charge in [0.2, 0.25) is 10.0 Å². The van der Waals surface area contributed by atoms with Crippen molar-refractivity contribution < 1.29 is 13.2 Å². The van der Waals surface area contributed by atoms with Gasteiger partial charge in [0.25, 0.3) is 5.91 Å². The number of sulfonamides is 1. The maximum absolute atomic E-state index is 12.3. The lowest BCUT2D eigenvalue weighted by atomic mass is 10.1. The molecular weight excluding hydrogens is 364 g/mol. The smallest absolute Gasteiger partial charge is 0.251 e. The van der Waals surface area contributed by atoms with Crippen molar-refractivity contribution >= 4 is 15.9 Å². The number of carbonyl (C=O) groups is 1. The molecule has 0 unspecified atom stereocenters. The van der Waals surface area contributed by atoms with Gasteiger partial charge in [0, 0.05) is 24.5 Å². The van der Waals surface area contributed by atoms with Crippen LogP contribution in [0, 0.1) is 0 Å². The monoisotopic (exact) mass is 384 g/mol. The molecule has 27 heavy (non-hydrogen) atoms. The van der Waals surface area contributed by atoms with Gasteiger partial charge in [0.1, 0.15) is 0 Å². The van der Waals surface area contributed by atoms with Crippen molar-refractivity contribution in [3.8, 4) is 5.69 Å². The highest BCUT2D eigenvalue weighted by Gasteiger charge is 2.14. The minimum atomic E-state index is -3.58. The Morgan fingerprint density at radius 2 is 1.89 bits per heavy atom. The molecule has 2 aromatic carbocycles. The van der Waals surface area contributed by atoms with E-state index in [4.69, 9.17) is 0 Å². The number of hydrogen-bond donors (Lipinski definition) is 2. The van der Waals surface area contributed by atoms with Gasteiger partial charge >= 0.3 is 0 Å². The second kappa shape index (κ2) is 8.15. The summed E-state index contributed by atoms with van der Waals surface area (Å²) >= 11 is 0. The first-order valence-corrected chi connectivity index (χ1v) is 9.89. The van der Waals surface area contributed by atoms with E-state index in [2.05, 4.69) is 15.1 Å². The number of benzene rings is 2. The quantitative estimate of drug-likeness (QED) is 0.649. The molecule has 0 bridgehead atoms. The van der Waals surface area contributed by atoms with Crippen LogP contribution in [-0.4, -0.2) is 37.7 Å². The molecule has 0 fully saturated rings. The molecule has 2 N–H and O–H groups in total. The molecule has 1 amide bonds. The Hall–Kier alpha value is -2.97. The van der Waals surface area contributed by atoms with E-state index in [9.17, 15) is 13.2 Å². The van der Waals surface area contributed by atoms with E-state index >= 15 is 0 Å². The van der Waals surface area contributed by atoms with Gasteiger partial charge < -0.3 is 5.32 Å². The number of aromatic nitrogens is 2. The van der Waals surface area contributed by atoms with Gasteiger partial charge in [-0.1, -0.05) is 18.2 Å². The third-order valence-electron chi connectivity index (χ3n) is 4.08. The number of nitrogens with one attached hydrogen (secondary N) is 2. The van der Waals surface area contributed by atoms with E-state index in [-0.39, 0.29) is 10.8 Å². The second-order valence-corrected chi connectivity index (χ2v) is 7.74. The molecule has 8 heteroatoms. The van der Waals surface area contributed by atoms with Gasteiger partial charge in [-0.2, -0.15) is 5.10 Å². The predicted octanol–water partition coefficient (Wildman–Crippen LogP) is 1.75. The van der Waals surface area contributed by atoms with Crippen LogP contribution in [0.5, 0.6) is 0 Å². The van der Waals surface area contributed by atoms with Crippen molar-refractivity contribution in [2.45, 2.75) is 11.3 Å². The Morgan fingerprint density at radius 3 is 2.56 bits per heavy atom. The highest BCUT2D eigenvalue weighted by Crippen LogP contribution is 2.12. The molecule has 0 saturated carbocycles. The lowest BCUT2D eigenvalue weighted by molar-refractivity contribution is 0.0954. The molecule has 0 spiro atoms. The van der Waals surface area contributed by atoms with Gasteiger partial charge in [-0.15, -0.1) is 0 Å². The number of rotatable bonds is 7. The standard InChI is InChI=1S/C19H20N4O3S/c1-20-27(25,26)18-5-2-4-16(14-18)19(24)21-12-10-15-6-8-17(9-7-15)23-13-3-11-22-23/h2-9,11,13-14,20H,10,12H2,1H3,(H,21,24). The Balaban J connectivity index is 1.58. The van der Waals surface area contributed by atoms with Crippen LogP contribution in [0.4, 0.5) is 0 Å². The largest absolute Gasteiger partial charge is 0.352 e. The summed E-state index contributed by atoms with van der Waals surface area (Å²) < 4.78 is 27.7. The lowest BCUT2D eigenvalue weighted by Gasteiger charge is -2.08. The molecule has 0 aliphatic carbocycles. The zero-order chi connectivity index (χ0) is 19.3. The SMILES string of the molecule is CNS(=O)(=O)c1cccc(C(=O)NCCc2ccc(-n3cccn3)cc2)c1. The topological polar surface area (TPSA) is 93.1 Å². The van der Waals surface area contributed by atoms with Gasteiger partial charge in [-0.25, -0.2) is 17.8 Å². The number of nitrogens with zero attached hydrogens (tertiary/aromatic N) is 2. The summed E-state index contributed by atoms with van der Waals surface area (Å²) in [5.41, 5.74) is 2.36. The Bertz CT molecular complexity index is 1010. The number of carbonyl (C=O) groups excluding carboxylic acids is 1.